The van der Waals surface area contributed by atoms with Crippen molar-refractivity contribution < 1.29 is 18.7 Å². The lowest BCUT2D eigenvalue weighted by Crippen LogP contribution is -2.41. The first-order valence-electron chi connectivity index (χ1n) is 10.4. The van der Waals surface area contributed by atoms with E-state index in [1.54, 1.807) is 4.90 Å². The van der Waals surface area contributed by atoms with E-state index in [4.69, 9.17) is 4.74 Å². The molecule has 1 saturated heterocycles. The van der Waals surface area contributed by atoms with Gasteiger partial charge in [-0.1, -0.05) is 29.0 Å². The van der Waals surface area contributed by atoms with E-state index in [0.717, 1.165) is 23.4 Å². The summed E-state index contributed by atoms with van der Waals surface area (Å²) < 4.78 is 18.5. The average molecular weight is 455 g/mol. The zero-order valence-electron chi connectivity index (χ0n) is 17.6. The number of rotatable bonds is 6. The van der Waals surface area contributed by atoms with Crippen LogP contribution in [-0.4, -0.2) is 46.6 Å². The average Bonchev–Trinajstić information content (AvgIpc) is 3.31. The zero-order valence-corrected chi connectivity index (χ0v) is 18.4. The Balaban J connectivity index is 1.33. The number of nitrogens with one attached hydrogen (secondary N) is 1. The number of hydrogen-bond donors (Lipinski definition) is 1. The normalized spacial score (nSPS) is 15.9. The third-order valence-corrected chi connectivity index (χ3v) is 6.33. The Morgan fingerprint density at radius 2 is 1.91 bits per heavy atom. The summed E-state index contributed by atoms with van der Waals surface area (Å²) in [5.41, 5.74) is 1.81. The van der Waals surface area contributed by atoms with Crippen molar-refractivity contribution in [1.82, 2.24) is 15.1 Å². The predicted molar refractivity (Wildman–Crippen MR) is 119 cm³/mol. The van der Waals surface area contributed by atoms with Crippen molar-refractivity contribution in [2.75, 3.05) is 25.0 Å². The second-order valence-corrected chi connectivity index (χ2v) is 8.70. The standard InChI is InChI=1S/C23H23FN4O3S/c1-15-4-8-18(9-5-15)25-21(30)23-27-26-22(32-23)16-3-2-12-28(13-16)20(29)14-31-19-10-6-17(24)7-11-19/h4-11,16H,2-3,12-14H2,1H3,(H,25,30). The first kappa shape index (κ1) is 21.9. The molecule has 1 N–H and O–H groups in total. The lowest BCUT2D eigenvalue weighted by molar-refractivity contribution is -0.134. The minimum absolute atomic E-state index is 0.0250. The van der Waals surface area contributed by atoms with Crippen molar-refractivity contribution in [1.29, 1.82) is 0 Å². The van der Waals surface area contributed by atoms with E-state index < -0.39 is 0 Å². The largest absolute Gasteiger partial charge is 0.484 e. The number of carbonyl (C=O) groups is 2. The van der Waals surface area contributed by atoms with Crippen molar-refractivity contribution in [2.45, 2.75) is 25.7 Å². The number of carbonyl (C=O) groups excluding carboxylic acids is 2. The Morgan fingerprint density at radius 3 is 2.66 bits per heavy atom. The molecule has 2 amide bonds. The minimum atomic E-state index is -0.355. The fraction of sp³-hybridized carbons (Fsp3) is 0.304. The molecule has 166 valence electrons. The van der Waals surface area contributed by atoms with Crippen LogP contribution in [0.5, 0.6) is 5.75 Å². The van der Waals surface area contributed by atoms with Crippen molar-refractivity contribution in [3.05, 3.63) is 69.9 Å². The van der Waals surface area contributed by atoms with Gasteiger partial charge in [0, 0.05) is 24.7 Å². The van der Waals surface area contributed by atoms with Gasteiger partial charge in [-0.25, -0.2) is 4.39 Å². The third-order valence-electron chi connectivity index (χ3n) is 5.24. The molecule has 1 aliphatic heterocycles. The molecule has 1 unspecified atom stereocenters. The highest BCUT2D eigenvalue weighted by molar-refractivity contribution is 7.13. The number of likely N-dealkylation sites (tertiary alicyclic amines) is 1. The number of piperidine rings is 1. The van der Waals surface area contributed by atoms with Crippen LogP contribution in [0.25, 0.3) is 0 Å². The van der Waals surface area contributed by atoms with Crippen LogP contribution < -0.4 is 10.1 Å². The van der Waals surface area contributed by atoms with Crippen LogP contribution in [-0.2, 0) is 4.79 Å². The summed E-state index contributed by atoms with van der Waals surface area (Å²) in [4.78, 5) is 26.8. The number of ether oxygens (including phenoxy) is 1. The van der Waals surface area contributed by atoms with E-state index in [0.29, 0.717) is 29.5 Å². The van der Waals surface area contributed by atoms with Gasteiger partial charge in [-0.05, 0) is 56.2 Å². The molecule has 1 atom stereocenters. The lowest BCUT2D eigenvalue weighted by Gasteiger charge is -2.31. The second kappa shape index (κ2) is 9.86. The van der Waals surface area contributed by atoms with Gasteiger partial charge in [0.25, 0.3) is 11.8 Å². The Hall–Kier alpha value is -3.33. The maximum absolute atomic E-state index is 13.0. The van der Waals surface area contributed by atoms with Gasteiger partial charge in [0.1, 0.15) is 16.6 Å². The number of aromatic nitrogens is 2. The van der Waals surface area contributed by atoms with Crippen LogP contribution in [0.15, 0.2) is 48.5 Å². The van der Waals surface area contributed by atoms with E-state index in [2.05, 4.69) is 15.5 Å². The number of amides is 2. The molecule has 0 aliphatic carbocycles. The van der Waals surface area contributed by atoms with Gasteiger partial charge in [0.05, 0.1) is 0 Å². The molecule has 2 aromatic carbocycles. The highest BCUT2D eigenvalue weighted by Gasteiger charge is 2.28. The third kappa shape index (κ3) is 5.47. The summed E-state index contributed by atoms with van der Waals surface area (Å²) in [5.74, 6) is -0.319. The Morgan fingerprint density at radius 1 is 1.16 bits per heavy atom. The molecule has 4 rings (SSSR count). The van der Waals surface area contributed by atoms with Crippen molar-refractivity contribution in [3.8, 4) is 5.75 Å². The highest BCUT2D eigenvalue weighted by Crippen LogP contribution is 2.29. The van der Waals surface area contributed by atoms with Gasteiger partial charge < -0.3 is 15.0 Å². The van der Waals surface area contributed by atoms with Crippen molar-refractivity contribution in [3.63, 3.8) is 0 Å². The van der Waals surface area contributed by atoms with Gasteiger partial charge >= 0.3 is 0 Å². The fourth-order valence-electron chi connectivity index (χ4n) is 3.49. The number of aryl methyl sites for hydroxylation is 1. The quantitative estimate of drug-likeness (QED) is 0.608. The lowest BCUT2D eigenvalue weighted by atomic mass is 9.99. The summed E-state index contributed by atoms with van der Waals surface area (Å²) in [6.07, 6.45) is 1.70. The van der Waals surface area contributed by atoms with E-state index in [-0.39, 0.29) is 30.2 Å². The van der Waals surface area contributed by atoms with Gasteiger partial charge in [0.15, 0.2) is 6.61 Å². The van der Waals surface area contributed by atoms with Crippen LogP contribution in [0.1, 0.15) is 39.1 Å². The van der Waals surface area contributed by atoms with Gasteiger partial charge in [-0.2, -0.15) is 0 Å². The summed E-state index contributed by atoms with van der Waals surface area (Å²) in [6, 6.07) is 13.1. The molecular formula is C23H23FN4O3S. The zero-order chi connectivity index (χ0) is 22.5. The van der Waals surface area contributed by atoms with Crippen LogP contribution in [0.3, 0.4) is 0 Å². The van der Waals surface area contributed by atoms with E-state index in [1.165, 1.54) is 35.6 Å². The van der Waals surface area contributed by atoms with Gasteiger partial charge in [-0.15, -0.1) is 10.2 Å². The van der Waals surface area contributed by atoms with E-state index in [1.807, 2.05) is 31.2 Å². The number of nitrogens with zero attached hydrogens (tertiary/aromatic N) is 3. The molecular weight excluding hydrogens is 431 g/mol. The number of anilines is 1. The topological polar surface area (TPSA) is 84.4 Å². The first-order chi connectivity index (χ1) is 15.5. The SMILES string of the molecule is Cc1ccc(NC(=O)c2nnc(C3CCCN(C(=O)COc4ccc(F)cc4)C3)s2)cc1. The molecule has 0 spiro atoms. The summed E-state index contributed by atoms with van der Waals surface area (Å²) in [7, 11) is 0. The number of hydrogen-bond acceptors (Lipinski definition) is 6. The molecule has 0 radical (unpaired) electrons. The van der Waals surface area contributed by atoms with E-state index in [9.17, 15) is 14.0 Å². The van der Waals surface area contributed by atoms with Crippen LogP contribution in [0.2, 0.25) is 0 Å². The number of halogens is 1. The summed E-state index contributed by atoms with van der Waals surface area (Å²) in [5, 5.41) is 12.1. The molecule has 7 nitrogen and oxygen atoms in total. The maximum Gasteiger partial charge on any atom is 0.286 e. The molecule has 9 heteroatoms. The van der Waals surface area contributed by atoms with Crippen LogP contribution in [0, 0.1) is 12.7 Å². The van der Waals surface area contributed by atoms with Crippen molar-refractivity contribution in [2.24, 2.45) is 0 Å². The summed E-state index contributed by atoms with van der Waals surface area (Å²) >= 11 is 1.26. The summed E-state index contributed by atoms with van der Waals surface area (Å²) in [6.45, 7) is 3.01. The molecule has 32 heavy (non-hydrogen) atoms. The molecule has 1 aromatic heterocycles. The smallest absolute Gasteiger partial charge is 0.286 e. The van der Waals surface area contributed by atoms with Crippen LogP contribution in [0.4, 0.5) is 10.1 Å². The second-order valence-electron chi connectivity index (χ2n) is 7.69. The van der Waals surface area contributed by atoms with Gasteiger partial charge in [0.2, 0.25) is 5.01 Å². The fourth-order valence-corrected chi connectivity index (χ4v) is 4.35. The van der Waals surface area contributed by atoms with Gasteiger partial charge in [-0.3, -0.25) is 9.59 Å². The number of benzene rings is 2. The highest BCUT2D eigenvalue weighted by atomic mass is 32.1. The minimum Gasteiger partial charge on any atom is -0.484 e. The Labute approximate surface area is 189 Å². The first-order valence-corrected chi connectivity index (χ1v) is 11.2. The van der Waals surface area contributed by atoms with Crippen LogP contribution >= 0.6 is 11.3 Å². The van der Waals surface area contributed by atoms with E-state index >= 15 is 0 Å². The predicted octanol–water partition coefficient (Wildman–Crippen LogP) is 4.02. The Bertz CT molecular complexity index is 1090. The monoisotopic (exact) mass is 454 g/mol. The molecule has 0 saturated carbocycles. The molecule has 1 aliphatic rings. The molecule has 1 fully saturated rings. The molecule has 3 aromatic rings. The van der Waals surface area contributed by atoms with Crippen molar-refractivity contribution >= 4 is 28.8 Å². The Kier molecular flexibility index (Phi) is 6.75. The maximum atomic E-state index is 13.0. The molecule has 0 bridgehead atoms. The molecule has 2 heterocycles.